The maximum absolute atomic E-state index is 12.4. The third-order valence-electron chi connectivity index (χ3n) is 4.69. The van der Waals surface area contributed by atoms with Crippen LogP contribution in [0.25, 0.3) is 0 Å². The van der Waals surface area contributed by atoms with Gasteiger partial charge in [-0.05, 0) is 74.1 Å². The van der Waals surface area contributed by atoms with E-state index in [2.05, 4.69) is 24.4 Å². The summed E-state index contributed by atoms with van der Waals surface area (Å²) in [7, 11) is 1.66. The van der Waals surface area contributed by atoms with Crippen LogP contribution >= 0.6 is 0 Å². The highest BCUT2D eigenvalue weighted by Crippen LogP contribution is 2.25. The van der Waals surface area contributed by atoms with Crippen molar-refractivity contribution < 1.29 is 14.3 Å². The number of rotatable bonds is 7. The zero-order chi connectivity index (χ0) is 19.3. The van der Waals surface area contributed by atoms with Crippen molar-refractivity contribution in [3.63, 3.8) is 0 Å². The van der Waals surface area contributed by atoms with Crippen molar-refractivity contribution in [2.75, 3.05) is 13.7 Å². The van der Waals surface area contributed by atoms with Gasteiger partial charge >= 0.3 is 0 Å². The minimum absolute atomic E-state index is 0.00930. The zero-order valence-electron chi connectivity index (χ0n) is 16.6. The second kappa shape index (κ2) is 8.75. The van der Waals surface area contributed by atoms with Crippen molar-refractivity contribution in [1.29, 1.82) is 0 Å². The average Bonchev–Trinajstić information content (AvgIpc) is 2.61. The van der Waals surface area contributed by atoms with Gasteiger partial charge in [-0.25, -0.2) is 0 Å². The summed E-state index contributed by atoms with van der Waals surface area (Å²) in [6.45, 7) is 10.2. The SMILES string of the molecule is CC[C@@H](NC(=O)COc1cc(C)cc(C)c1C)c1ccc(OC)c(C)c1. The number of benzene rings is 2. The van der Waals surface area contributed by atoms with E-state index in [0.717, 1.165) is 40.2 Å². The van der Waals surface area contributed by atoms with Crippen molar-refractivity contribution in [3.05, 3.63) is 58.1 Å². The average molecular weight is 355 g/mol. The summed E-state index contributed by atoms with van der Waals surface area (Å²) >= 11 is 0. The molecule has 0 aliphatic carbocycles. The van der Waals surface area contributed by atoms with Crippen LogP contribution < -0.4 is 14.8 Å². The summed E-state index contributed by atoms with van der Waals surface area (Å²) in [4.78, 5) is 12.4. The van der Waals surface area contributed by atoms with Crippen molar-refractivity contribution in [3.8, 4) is 11.5 Å². The fraction of sp³-hybridized carbons (Fsp3) is 0.409. The molecule has 2 rings (SSSR count). The summed E-state index contributed by atoms with van der Waals surface area (Å²) in [5, 5.41) is 3.06. The normalized spacial score (nSPS) is 11.8. The first kappa shape index (κ1) is 19.8. The monoisotopic (exact) mass is 355 g/mol. The lowest BCUT2D eigenvalue weighted by molar-refractivity contribution is -0.123. The highest BCUT2D eigenvalue weighted by molar-refractivity contribution is 5.78. The molecule has 0 aliphatic heterocycles. The van der Waals surface area contributed by atoms with Gasteiger partial charge in [-0.2, -0.15) is 0 Å². The molecule has 0 saturated carbocycles. The van der Waals surface area contributed by atoms with Crippen LogP contribution in [-0.4, -0.2) is 19.6 Å². The van der Waals surface area contributed by atoms with E-state index in [0.29, 0.717) is 0 Å². The minimum Gasteiger partial charge on any atom is -0.496 e. The predicted molar refractivity (Wildman–Crippen MR) is 105 cm³/mol. The molecule has 4 heteroatoms. The molecular weight excluding hydrogens is 326 g/mol. The Bertz CT molecular complexity index is 783. The van der Waals surface area contributed by atoms with Crippen molar-refractivity contribution in [1.82, 2.24) is 5.32 Å². The van der Waals surface area contributed by atoms with Gasteiger partial charge in [0.15, 0.2) is 6.61 Å². The van der Waals surface area contributed by atoms with Gasteiger partial charge in [-0.1, -0.05) is 25.1 Å². The standard InChI is InChI=1S/C22H29NO3/c1-7-19(18-8-9-20(25-6)16(4)12-18)23-22(24)13-26-21-11-14(2)10-15(3)17(21)5/h8-12,19H,7,13H2,1-6H3,(H,23,24)/t19-/m1/s1. The number of hydrogen-bond donors (Lipinski definition) is 1. The zero-order valence-corrected chi connectivity index (χ0v) is 16.6. The lowest BCUT2D eigenvalue weighted by atomic mass is 10.0. The maximum atomic E-state index is 12.4. The number of ether oxygens (including phenoxy) is 2. The molecule has 1 N–H and O–H groups in total. The lowest BCUT2D eigenvalue weighted by Gasteiger charge is -2.19. The molecule has 0 unspecified atom stereocenters. The van der Waals surface area contributed by atoms with Crippen LogP contribution in [0.15, 0.2) is 30.3 Å². The van der Waals surface area contributed by atoms with Gasteiger partial charge in [0.2, 0.25) is 0 Å². The summed E-state index contributed by atoms with van der Waals surface area (Å²) in [6.07, 6.45) is 0.806. The Balaban J connectivity index is 2.02. The third kappa shape index (κ3) is 4.78. The van der Waals surface area contributed by atoms with Gasteiger partial charge < -0.3 is 14.8 Å². The molecule has 1 amide bonds. The third-order valence-corrected chi connectivity index (χ3v) is 4.69. The first-order valence-corrected chi connectivity index (χ1v) is 9.00. The Morgan fingerprint density at radius 2 is 1.77 bits per heavy atom. The molecule has 2 aromatic rings. The molecule has 0 spiro atoms. The topological polar surface area (TPSA) is 47.6 Å². The van der Waals surface area contributed by atoms with E-state index in [1.54, 1.807) is 7.11 Å². The molecule has 4 nitrogen and oxygen atoms in total. The van der Waals surface area contributed by atoms with Gasteiger partial charge in [0.25, 0.3) is 5.91 Å². The van der Waals surface area contributed by atoms with Gasteiger partial charge in [0, 0.05) is 0 Å². The number of methoxy groups -OCH3 is 1. The molecule has 0 aromatic heterocycles. The number of amides is 1. The Morgan fingerprint density at radius 3 is 2.38 bits per heavy atom. The second-order valence-electron chi connectivity index (χ2n) is 6.75. The largest absolute Gasteiger partial charge is 0.496 e. The maximum Gasteiger partial charge on any atom is 0.258 e. The lowest BCUT2D eigenvalue weighted by Crippen LogP contribution is -2.32. The van der Waals surface area contributed by atoms with E-state index in [1.165, 1.54) is 5.56 Å². The Kier molecular flexibility index (Phi) is 6.67. The van der Waals surface area contributed by atoms with E-state index >= 15 is 0 Å². The van der Waals surface area contributed by atoms with Gasteiger partial charge in [0.05, 0.1) is 13.2 Å². The molecule has 1 atom stereocenters. The van der Waals surface area contributed by atoms with Crippen LogP contribution in [0.1, 0.15) is 47.2 Å². The minimum atomic E-state index is -0.121. The first-order chi connectivity index (χ1) is 12.3. The molecular formula is C22H29NO3. The number of hydrogen-bond acceptors (Lipinski definition) is 3. The van der Waals surface area contributed by atoms with Crippen LogP contribution in [0.4, 0.5) is 0 Å². The van der Waals surface area contributed by atoms with E-state index in [4.69, 9.17) is 9.47 Å². The fourth-order valence-corrected chi connectivity index (χ4v) is 3.07. The van der Waals surface area contributed by atoms with Gasteiger partial charge in [-0.15, -0.1) is 0 Å². The van der Waals surface area contributed by atoms with E-state index in [9.17, 15) is 4.79 Å². The first-order valence-electron chi connectivity index (χ1n) is 9.00. The summed E-state index contributed by atoms with van der Waals surface area (Å²) in [5.74, 6) is 1.50. The predicted octanol–water partition coefficient (Wildman–Crippen LogP) is 4.58. The fourth-order valence-electron chi connectivity index (χ4n) is 3.07. The number of nitrogens with one attached hydrogen (secondary N) is 1. The number of aryl methyl sites for hydroxylation is 3. The summed E-state index contributed by atoms with van der Waals surface area (Å²) < 4.78 is 11.1. The van der Waals surface area contributed by atoms with Crippen molar-refractivity contribution in [2.24, 2.45) is 0 Å². The van der Waals surface area contributed by atoms with Crippen LogP contribution in [0.3, 0.4) is 0 Å². The molecule has 0 aliphatic rings. The Hall–Kier alpha value is -2.49. The summed E-state index contributed by atoms with van der Waals surface area (Å²) in [6, 6.07) is 10.0. The Labute approximate surface area is 156 Å². The molecule has 140 valence electrons. The number of carbonyl (C=O) groups is 1. The van der Waals surface area contributed by atoms with Crippen molar-refractivity contribution >= 4 is 5.91 Å². The van der Waals surface area contributed by atoms with Gasteiger partial charge in [-0.3, -0.25) is 4.79 Å². The quantitative estimate of drug-likeness (QED) is 0.791. The molecule has 0 heterocycles. The summed E-state index contributed by atoms with van der Waals surface area (Å²) in [5.41, 5.74) is 5.49. The molecule has 0 fully saturated rings. The van der Waals surface area contributed by atoms with Crippen LogP contribution in [0.5, 0.6) is 11.5 Å². The van der Waals surface area contributed by atoms with Crippen LogP contribution in [0.2, 0.25) is 0 Å². The molecule has 0 saturated heterocycles. The number of carbonyl (C=O) groups excluding carboxylic acids is 1. The van der Waals surface area contributed by atoms with E-state index < -0.39 is 0 Å². The molecule has 0 radical (unpaired) electrons. The molecule has 0 bridgehead atoms. The molecule has 26 heavy (non-hydrogen) atoms. The highest BCUT2D eigenvalue weighted by Gasteiger charge is 2.15. The van der Waals surface area contributed by atoms with Crippen LogP contribution in [-0.2, 0) is 4.79 Å². The highest BCUT2D eigenvalue weighted by atomic mass is 16.5. The smallest absolute Gasteiger partial charge is 0.258 e. The van der Waals surface area contributed by atoms with Gasteiger partial charge in [0.1, 0.15) is 11.5 Å². The van der Waals surface area contributed by atoms with E-state index in [1.807, 2.05) is 45.9 Å². The molecule has 2 aromatic carbocycles. The van der Waals surface area contributed by atoms with E-state index in [-0.39, 0.29) is 18.6 Å². The second-order valence-corrected chi connectivity index (χ2v) is 6.75. The van der Waals surface area contributed by atoms with Crippen molar-refractivity contribution in [2.45, 2.75) is 47.1 Å². The van der Waals surface area contributed by atoms with Crippen LogP contribution in [0, 0.1) is 27.7 Å². The Morgan fingerprint density at radius 1 is 1.04 bits per heavy atom.